The number of nitrogens with one attached hydrogen (secondary N) is 3. The summed E-state index contributed by atoms with van der Waals surface area (Å²) in [7, 11) is 0. The number of rotatable bonds is 8. The van der Waals surface area contributed by atoms with Crippen molar-refractivity contribution in [1.29, 1.82) is 0 Å². The van der Waals surface area contributed by atoms with Gasteiger partial charge in [0.2, 0.25) is 0 Å². The van der Waals surface area contributed by atoms with Crippen LogP contribution in [0.4, 0.5) is 18.9 Å². The van der Waals surface area contributed by atoms with Gasteiger partial charge in [-0.2, -0.15) is 18.3 Å². The van der Waals surface area contributed by atoms with Crippen LogP contribution < -0.4 is 20.8 Å². The summed E-state index contributed by atoms with van der Waals surface area (Å²) in [5.74, 6) is -2.19. The van der Waals surface area contributed by atoms with Gasteiger partial charge in [0, 0.05) is 5.69 Å². The SMILES string of the molecule is C[C@@H](NC(=O)COc1ccc(/C=N\NC(=O)C(=O)Nc2cccc(C(F)(F)F)c2)cc1)c1ccccc1. The molecule has 0 saturated carbocycles. The van der Waals surface area contributed by atoms with E-state index in [0.717, 1.165) is 17.7 Å². The number of ether oxygens (including phenoxy) is 1. The Morgan fingerprint density at radius 1 is 0.946 bits per heavy atom. The molecule has 0 aliphatic rings. The highest BCUT2D eigenvalue weighted by Gasteiger charge is 2.30. The van der Waals surface area contributed by atoms with E-state index in [-0.39, 0.29) is 24.2 Å². The summed E-state index contributed by atoms with van der Waals surface area (Å²) in [4.78, 5) is 35.9. The fourth-order valence-electron chi connectivity index (χ4n) is 3.08. The monoisotopic (exact) mass is 512 g/mol. The number of amides is 3. The number of halogens is 3. The lowest BCUT2D eigenvalue weighted by Gasteiger charge is -2.14. The number of alkyl halides is 3. The zero-order chi connectivity index (χ0) is 26.8. The normalized spacial score (nSPS) is 12.0. The van der Waals surface area contributed by atoms with Gasteiger partial charge >= 0.3 is 18.0 Å². The first kappa shape index (κ1) is 26.9. The number of hydrogen-bond donors (Lipinski definition) is 3. The maximum Gasteiger partial charge on any atom is 0.416 e. The molecule has 11 heteroatoms. The molecule has 8 nitrogen and oxygen atoms in total. The fraction of sp³-hybridized carbons (Fsp3) is 0.154. The Morgan fingerprint density at radius 3 is 2.32 bits per heavy atom. The van der Waals surface area contributed by atoms with Crippen LogP contribution in [0.2, 0.25) is 0 Å². The minimum atomic E-state index is -4.58. The molecule has 3 aromatic carbocycles. The fourth-order valence-corrected chi connectivity index (χ4v) is 3.08. The standard InChI is InChI=1S/C26H23F3N4O4/c1-17(19-6-3-2-4-7-19)31-23(34)16-37-22-12-10-18(11-13-22)15-30-33-25(36)24(35)32-21-9-5-8-20(14-21)26(27,28)29/h2-15,17H,16H2,1H3,(H,31,34)(H,32,35)(H,33,36)/b30-15-/t17-/m1/s1. The molecule has 0 radical (unpaired) electrons. The zero-order valence-corrected chi connectivity index (χ0v) is 19.6. The summed E-state index contributed by atoms with van der Waals surface area (Å²) >= 11 is 0. The van der Waals surface area contributed by atoms with Crippen LogP contribution in [0.3, 0.4) is 0 Å². The minimum absolute atomic E-state index is 0.168. The Kier molecular flexibility index (Phi) is 8.98. The Balaban J connectivity index is 1.43. The van der Waals surface area contributed by atoms with E-state index in [1.165, 1.54) is 12.3 Å². The van der Waals surface area contributed by atoms with Crippen molar-refractivity contribution < 1.29 is 32.3 Å². The van der Waals surface area contributed by atoms with Crippen LogP contribution in [0.1, 0.15) is 29.7 Å². The van der Waals surface area contributed by atoms with Crippen molar-refractivity contribution in [1.82, 2.24) is 10.7 Å². The third kappa shape index (κ3) is 8.49. The van der Waals surface area contributed by atoms with Crippen LogP contribution >= 0.6 is 0 Å². The molecule has 3 N–H and O–H groups in total. The van der Waals surface area contributed by atoms with E-state index in [1.54, 1.807) is 24.3 Å². The van der Waals surface area contributed by atoms with E-state index in [9.17, 15) is 27.6 Å². The Hall–Kier alpha value is -4.67. The maximum absolute atomic E-state index is 12.8. The lowest BCUT2D eigenvalue weighted by atomic mass is 10.1. The molecule has 0 heterocycles. The lowest BCUT2D eigenvalue weighted by molar-refractivity contribution is -0.137. The van der Waals surface area contributed by atoms with E-state index >= 15 is 0 Å². The molecule has 0 aliphatic carbocycles. The van der Waals surface area contributed by atoms with Gasteiger partial charge in [0.05, 0.1) is 17.8 Å². The smallest absolute Gasteiger partial charge is 0.416 e. The molecule has 3 aromatic rings. The van der Waals surface area contributed by atoms with Crippen LogP contribution in [-0.2, 0) is 20.6 Å². The van der Waals surface area contributed by atoms with Crippen molar-refractivity contribution in [2.24, 2.45) is 5.10 Å². The Bertz CT molecular complexity index is 1260. The average molecular weight is 512 g/mol. The van der Waals surface area contributed by atoms with E-state index in [2.05, 4.69) is 15.7 Å². The lowest BCUT2D eigenvalue weighted by Crippen LogP contribution is -2.32. The largest absolute Gasteiger partial charge is 0.484 e. The van der Waals surface area contributed by atoms with Crippen molar-refractivity contribution in [3.63, 3.8) is 0 Å². The molecule has 0 aromatic heterocycles. The van der Waals surface area contributed by atoms with E-state index in [0.29, 0.717) is 17.4 Å². The van der Waals surface area contributed by atoms with Crippen LogP contribution in [0.25, 0.3) is 0 Å². The van der Waals surface area contributed by atoms with Crippen molar-refractivity contribution in [3.8, 4) is 5.75 Å². The molecule has 37 heavy (non-hydrogen) atoms. The third-order valence-electron chi connectivity index (χ3n) is 4.96. The van der Waals surface area contributed by atoms with E-state index < -0.39 is 23.6 Å². The van der Waals surface area contributed by atoms with Gasteiger partial charge in [-0.1, -0.05) is 36.4 Å². The van der Waals surface area contributed by atoms with Crippen LogP contribution in [-0.4, -0.2) is 30.5 Å². The van der Waals surface area contributed by atoms with Gasteiger partial charge in [0.25, 0.3) is 5.91 Å². The van der Waals surface area contributed by atoms with Crippen LogP contribution in [0.15, 0.2) is 84.0 Å². The molecule has 192 valence electrons. The van der Waals surface area contributed by atoms with Crippen molar-refractivity contribution in [3.05, 3.63) is 95.6 Å². The number of carbonyl (C=O) groups excluding carboxylic acids is 3. The molecular weight excluding hydrogens is 489 g/mol. The third-order valence-corrected chi connectivity index (χ3v) is 4.96. The Labute approximate surface area is 210 Å². The highest BCUT2D eigenvalue weighted by molar-refractivity contribution is 6.39. The minimum Gasteiger partial charge on any atom is -0.484 e. The number of nitrogens with zero attached hydrogens (tertiary/aromatic N) is 1. The topological polar surface area (TPSA) is 109 Å². The number of benzene rings is 3. The molecule has 3 rings (SSSR count). The number of hydrazone groups is 1. The second kappa shape index (κ2) is 12.3. The van der Waals surface area contributed by atoms with E-state index in [1.807, 2.05) is 42.7 Å². The van der Waals surface area contributed by atoms with Gasteiger partial charge in [-0.15, -0.1) is 0 Å². The summed E-state index contributed by atoms with van der Waals surface area (Å²) in [5, 5.41) is 8.58. The summed E-state index contributed by atoms with van der Waals surface area (Å²) in [5.41, 5.74) is 2.37. The summed E-state index contributed by atoms with van der Waals surface area (Å²) in [6.07, 6.45) is -3.32. The summed E-state index contributed by atoms with van der Waals surface area (Å²) in [6, 6.07) is 19.6. The second-order valence-corrected chi connectivity index (χ2v) is 7.79. The number of anilines is 1. The number of hydrogen-bond acceptors (Lipinski definition) is 5. The predicted octanol–water partition coefficient (Wildman–Crippen LogP) is 4.05. The van der Waals surface area contributed by atoms with E-state index in [4.69, 9.17) is 4.74 Å². The molecule has 1 atom stereocenters. The number of carbonyl (C=O) groups is 3. The highest BCUT2D eigenvalue weighted by atomic mass is 19.4. The van der Waals surface area contributed by atoms with Crippen molar-refractivity contribution >= 4 is 29.6 Å². The molecule has 0 unspecified atom stereocenters. The molecule has 0 saturated heterocycles. The van der Waals surface area contributed by atoms with Gasteiger partial charge in [-0.25, -0.2) is 5.43 Å². The molecule has 3 amide bonds. The van der Waals surface area contributed by atoms with Gasteiger partial charge < -0.3 is 15.4 Å². The maximum atomic E-state index is 12.8. The molecule has 0 spiro atoms. The first-order valence-corrected chi connectivity index (χ1v) is 11.0. The van der Waals surface area contributed by atoms with Gasteiger partial charge in [0.15, 0.2) is 6.61 Å². The second-order valence-electron chi connectivity index (χ2n) is 7.79. The highest BCUT2D eigenvalue weighted by Crippen LogP contribution is 2.30. The predicted molar refractivity (Wildman–Crippen MR) is 131 cm³/mol. The quantitative estimate of drug-likeness (QED) is 0.240. The van der Waals surface area contributed by atoms with Gasteiger partial charge in [-0.05, 0) is 60.5 Å². The molecule has 0 fully saturated rings. The Morgan fingerprint density at radius 2 is 1.65 bits per heavy atom. The molecular formula is C26H23F3N4O4. The zero-order valence-electron chi connectivity index (χ0n) is 19.6. The first-order valence-electron chi connectivity index (χ1n) is 11.0. The van der Waals surface area contributed by atoms with Crippen molar-refractivity contribution in [2.45, 2.75) is 19.1 Å². The van der Waals surface area contributed by atoms with Gasteiger partial charge in [0.1, 0.15) is 5.75 Å². The first-order chi connectivity index (χ1) is 17.6. The van der Waals surface area contributed by atoms with Crippen molar-refractivity contribution in [2.75, 3.05) is 11.9 Å². The summed E-state index contributed by atoms with van der Waals surface area (Å²) in [6.45, 7) is 1.69. The molecule has 0 bridgehead atoms. The van der Waals surface area contributed by atoms with Crippen LogP contribution in [0.5, 0.6) is 5.75 Å². The van der Waals surface area contributed by atoms with Gasteiger partial charge in [-0.3, -0.25) is 14.4 Å². The van der Waals surface area contributed by atoms with Crippen LogP contribution in [0, 0.1) is 0 Å². The summed E-state index contributed by atoms with van der Waals surface area (Å²) < 4.78 is 43.8. The average Bonchev–Trinajstić information content (AvgIpc) is 2.88. The molecule has 0 aliphatic heterocycles.